The van der Waals surface area contributed by atoms with Crippen LogP contribution in [0.1, 0.15) is 5.56 Å². The van der Waals surface area contributed by atoms with E-state index in [0.29, 0.717) is 0 Å². The molecule has 1 N–H and O–H groups in total. The Labute approximate surface area is 105 Å². The van der Waals surface area contributed by atoms with E-state index in [9.17, 15) is 0 Å². The second kappa shape index (κ2) is 6.18. The molecular formula is C11H15BrN2S. The number of thioether (sulfide) groups is 1. The van der Waals surface area contributed by atoms with Gasteiger partial charge in [-0.2, -0.15) is 11.8 Å². The fourth-order valence-electron chi connectivity index (χ4n) is 1.34. The van der Waals surface area contributed by atoms with E-state index in [0.717, 1.165) is 29.6 Å². The van der Waals surface area contributed by atoms with Gasteiger partial charge in [-0.05, 0) is 19.1 Å². The third-order valence-corrected chi connectivity index (χ3v) is 3.07. The first-order chi connectivity index (χ1) is 6.84. The van der Waals surface area contributed by atoms with Crippen LogP contribution in [-0.4, -0.2) is 23.9 Å². The summed E-state index contributed by atoms with van der Waals surface area (Å²) in [5.74, 6) is 3.26. The summed E-state index contributed by atoms with van der Waals surface area (Å²) in [6.45, 7) is 3.04. The highest BCUT2D eigenvalue weighted by Gasteiger charge is 2.04. The monoisotopic (exact) mass is 286 g/mol. The Morgan fingerprint density at radius 2 is 2.00 bits per heavy atom. The summed E-state index contributed by atoms with van der Waals surface area (Å²) in [5, 5.41) is 3.34. The number of amidine groups is 1. The van der Waals surface area contributed by atoms with Crippen molar-refractivity contribution in [1.29, 1.82) is 0 Å². The molecule has 1 heterocycles. The molecule has 0 saturated carbocycles. The number of hydrogen-bond donors (Lipinski definition) is 1. The van der Waals surface area contributed by atoms with Crippen LogP contribution < -0.4 is 5.32 Å². The summed E-state index contributed by atoms with van der Waals surface area (Å²) >= 11 is 1.93. The van der Waals surface area contributed by atoms with E-state index in [1.807, 2.05) is 11.8 Å². The zero-order chi connectivity index (χ0) is 9.80. The van der Waals surface area contributed by atoms with Gasteiger partial charge in [0.1, 0.15) is 5.84 Å². The van der Waals surface area contributed by atoms with E-state index in [4.69, 9.17) is 0 Å². The number of rotatable bonds is 1. The highest BCUT2D eigenvalue weighted by atomic mass is 79.9. The summed E-state index contributed by atoms with van der Waals surface area (Å²) in [6.07, 6.45) is 0. The minimum Gasteiger partial charge on any atom is -0.343 e. The van der Waals surface area contributed by atoms with Gasteiger partial charge in [0.15, 0.2) is 0 Å². The summed E-state index contributed by atoms with van der Waals surface area (Å²) in [6, 6.07) is 8.41. The van der Waals surface area contributed by atoms with Gasteiger partial charge >= 0.3 is 0 Å². The maximum atomic E-state index is 4.43. The van der Waals surface area contributed by atoms with Crippen LogP contribution >= 0.6 is 28.7 Å². The van der Waals surface area contributed by atoms with Crippen molar-refractivity contribution in [2.45, 2.75) is 6.92 Å². The molecule has 15 heavy (non-hydrogen) atoms. The van der Waals surface area contributed by atoms with Crippen molar-refractivity contribution in [3.63, 3.8) is 0 Å². The number of aliphatic imine (C=N–C) groups is 1. The lowest BCUT2D eigenvalue weighted by atomic mass is 10.2. The third kappa shape index (κ3) is 3.87. The molecule has 0 radical (unpaired) electrons. The average Bonchev–Trinajstić information content (AvgIpc) is 2.23. The topological polar surface area (TPSA) is 24.4 Å². The van der Waals surface area contributed by atoms with Gasteiger partial charge in [-0.15, -0.1) is 17.0 Å². The van der Waals surface area contributed by atoms with Crippen molar-refractivity contribution in [2.75, 3.05) is 23.4 Å². The lowest BCUT2D eigenvalue weighted by Crippen LogP contribution is -2.19. The number of anilines is 1. The van der Waals surface area contributed by atoms with Crippen LogP contribution in [0.3, 0.4) is 0 Å². The molecule has 0 bridgehead atoms. The van der Waals surface area contributed by atoms with Gasteiger partial charge in [-0.25, -0.2) is 0 Å². The first kappa shape index (κ1) is 12.6. The molecule has 1 aromatic carbocycles. The molecule has 0 aliphatic carbocycles. The lowest BCUT2D eigenvalue weighted by Gasteiger charge is -2.13. The number of nitrogens with one attached hydrogen (secondary N) is 1. The van der Waals surface area contributed by atoms with E-state index in [1.54, 1.807) is 0 Å². The highest BCUT2D eigenvalue weighted by Crippen LogP contribution is 2.12. The molecule has 0 amide bonds. The maximum Gasteiger partial charge on any atom is 0.111 e. The Hall–Kier alpha value is -0.480. The van der Waals surface area contributed by atoms with Gasteiger partial charge in [-0.1, -0.05) is 17.7 Å². The lowest BCUT2D eigenvalue weighted by molar-refractivity contribution is 1.12. The molecule has 0 fully saturated rings. The highest BCUT2D eigenvalue weighted by molar-refractivity contribution is 8.93. The zero-order valence-corrected chi connectivity index (χ0v) is 11.2. The predicted octanol–water partition coefficient (Wildman–Crippen LogP) is 3.13. The van der Waals surface area contributed by atoms with Crippen LogP contribution in [0.5, 0.6) is 0 Å². The second-order valence-electron chi connectivity index (χ2n) is 3.37. The van der Waals surface area contributed by atoms with Crippen LogP contribution in [0, 0.1) is 6.92 Å². The van der Waals surface area contributed by atoms with E-state index in [2.05, 4.69) is 41.5 Å². The number of nitrogens with zero attached hydrogens (tertiary/aromatic N) is 1. The smallest absolute Gasteiger partial charge is 0.111 e. The Morgan fingerprint density at radius 1 is 1.27 bits per heavy atom. The molecule has 2 rings (SSSR count). The minimum absolute atomic E-state index is 0. The Bertz CT molecular complexity index is 335. The number of aryl methyl sites for hydroxylation is 1. The largest absolute Gasteiger partial charge is 0.343 e. The third-order valence-electron chi connectivity index (χ3n) is 2.12. The Morgan fingerprint density at radius 3 is 2.60 bits per heavy atom. The maximum absolute atomic E-state index is 4.43. The van der Waals surface area contributed by atoms with Crippen LogP contribution in [0.4, 0.5) is 5.69 Å². The molecular weight excluding hydrogens is 272 g/mol. The van der Waals surface area contributed by atoms with Gasteiger partial charge in [0, 0.05) is 11.4 Å². The van der Waals surface area contributed by atoms with Gasteiger partial charge in [0.2, 0.25) is 0 Å². The van der Waals surface area contributed by atoms with Crippen LogP contribution in [0.15, 0.2) is 29.3 Å². The van der Waals surface area contributed by atoms with Crippen molar-refractivity contribution in [3.05, 3.63) is 29.8 Å². The molecule has 2 nitrogen and oxygen atoms in total. The van der Waals surface area contributed by atoms with Crippen molar-refractivity contribution in [3.8, 4) is 0 Å². The predicted molar refractivity (Wildman–Crippen MR) is 74.8 cm³/mol. The van der Waals surface area contributed by atoms with Crippen molar-refractivity contribution < 1.29 is 0 Å². The van der Waals surface area contributed by atoms with Crippen molar-refractivity contribution >= 4 is 40.3 Å². The fraction of sp³-hybridized carbons (Fsp3) is 0.364. The SMILES string of the molecule is Br.Cc1ccc(NC2=NCCSC2)cc1. The van der Waals surface area contributed by atoms with Gasteiger partial charge in [0.25, 0.3) is 0 Å². The number of hydrogen-bond acceptors (Lipinski definition) is 3. The molecule has 0 atom stereocenters. The molecule has 0 spiro atoms. The molecule has 1 aliphatic heterocycles. The molecule has 1 aromatic rings. The molecule has 0 saturated heterocycles. The van der Waals surface area contributed by atoms with Crippen molar-refractivity contribution in [2.24, 2.45) is 4.99 Å². The fourth-order valence-corrected chi connectivity index (χ4v) is 2.06. The van der Waals surface area contributed by atoms with E-state index >= 15 is 0 Å². The van der Waals surface area contributed by atoms with Gasteiger partial charge in [-0.3, -0.25) is 4.99 Å². The van der Waals surface area contributed by atoms with Crippen LogP contribution in [0.25, 0.3) is 0 Å². The first-order valence-electron chi connectivity index (χ1n) is 4.79. The van der Waals surface area contributed by atoms with E-state index in [-0.39, 0.29) is 17.0 Å². The number of benzene rings is 1. The van der Waals surface area contributed by atoms with Crippen molar-refractivity contribution in [1.82, 2.24) is 0 Å². The van der Waals surface area contributed by atoms with Crippen LogP contribution in [0.2, 0.25) is 0 Å². The minimum atomic E-state index is 0. The van der Waals surface area contributed by atoms with Gasteiger partial charge in [0.05, 0.1) is 12.3 Å². The van der Waals surface area contributed by atoms with Gasteiger partial charge < -0.3 is 5.32 Å². The quantitative estimate of drug-likeness (QED) is 0.858. The molecule has 82 valence electrons. The second-order valence-corrected chi connectivity index (χ2v) is 4.48. The molecule has 0 unspecified atom stereocenters. The normalized spacial score (nSPS) is 15.1. The Balaban J connectivity index is 0.00000112. The van der Waals surface area contributed by atoms with Crippen LogP contribution in [-0.2, 0) is 0 Å². The first-order valence-corrected chi connectivity index (χ1v) is 5.95. The standard InChI is InChI=1S/C11H14N2S.BrH/c1-9-2-4-10(5-3-9)13-11-8-14-7-6-12-11;/h2-5H,6-8H2,1H3,(H,12,13);1H. The summed E-state index contributed by atoms with van der Waals surface area (Å²) in [5.41, 5.74) is 2.42. The summed E-state index contributed by atoms with van der Waals surface area (Å²) < 4.78 is 0. The summed E-state index contributed by atoms with van der Waals surface area (Å²) in [7, 11) is 0. The average molecular weight is 287 g/mol. The summed E-state index contributed by atoms with van der Waals surface area (Å²) in [4.78, 5) is 4.43. The van der Waals surface area contributed by atoms with E-state index in [1.165, 1.54) is 5.56 Å². The number of halogens is 1. The Kier molecular flexibility index (Phi) is 5.19. The van der Waals surface area contributed by atoms with E-state index < -0.39 is 0 Å². The molecule has 1 aliphatic rings. The molecule has 4 heteroatoms. The zero-order valence-electron chi connectivity index (χ0n) is 8.69. The molecule has 0 aromatic heterocycles.